The predicted octanol–water partition coefficient (Wildman–Crippen LogP) is -1.22. The Balaban J connectivity index is 0.00000121. The van der Waals surface area contributed by atoms with Crippen molar-refractivity contribution >= 4 is 0 Å². The van der Waals surface area contributed by atoms with Crippen molar-refractivity contribution < 1.29 is 47.8 Å². The Labute approximate surface area is 89.5 Å². The molecule has 0 bridgehead atoms. The van der Waals surface area contributed by atoms with Gasteiger partial charge < -0.3 is 5.11 Å². The molecule has 0 aliphatic carbocycles. The summed E-state index contributed by atoms with van der Waals surface area (Å²) in [6, 6.07) is 4.12. The van der Waals surface area contributed by atoms with E-state index in [0.29, 0.717) is 0 Å². The van der Waals surface area contributed by atoms with Gasteiger partial charge in [0.25, 0.3) is 0 Å². The van der Waals surface area contributed by atoms with Crippen molar-refractivity contribution in [3.63, 3.8) is 0 Å². The van der Waals surface area contributed by atoms with Crippen LogP contribution in [-0.2, 0) is 6.18 Å². The molecule has 1 aromatic carbocycles. The third-order valence-electron chi connectivity index (χ3n) is 1.19. The van der Waals surface area contributed by atoms with Crippen LogP contribution in [0.25, 0.3) is 0 Å². The van der Waals surface area contributed by atoms with Crippen molar-refractivity contribution in [2.75, 3.05) is 0 Å². The average molecular weight is 184 g/mol. The molecule has 0 amide bonds. The Bertz CT molecular complexity index is 259. The number of rotatable bonds is 0. The van der Waals surface area contributed by atoms with Gasteiger partial charge in [0.1, 0.15) is 0 Å². The minimum Gasteiger partial charge on any atom is -0.872 e. The molecule has 0 spiro atoms. The molecule has 0 aromatic heterocycles. The molecule has 0 unspecified atom stereocenters. The van der Waals surface area contributed by atoms with Crippen LogP contribution in [0.3, 0.4) is 0 Å². The summed E-state index contributed by atoms with van der Waals surface area (Å²) in [6.07, 6.45) is -4.53. The minimum atomic E-state index is -4.53. The van der Waals surface area contributed by atoms with Crippen LogP contribution in [0.15, 0.2) is 24.3 Å². The van der Waals surface area contributed by atoms with Crippen LogP contribution >= 0.6 is 0 Å². The second kappa shape index (κ2) is 4.16. The maximum atomic E-state index is 11.8. The fourth-order valence-electron chi connectivity index (χ4n) is 0.701. The second-order valence-electron chi connectivity index (χ2n) is 1.99. The molecular formula is C7H4F3NaO. The van der Waals surface area contributed by atoms with Crippen LogP contribution in [0.5, 0.6) is 5.75 Å². The number of halogens is 3. The molecule has 0 saturated carbocycles. The first-order valence-corrected chi connectivity index (χ1v) is 2.85. The summed E-state index contributed by atoms with van der Waals surface area (Å²) in [5.41, 5.74) is -1.11. The third-order valence-corrected chi connectivity index (χ3v) is 1.19. The van der Waals surface area contributed by atoms with E-state index in [2.05, 4.69) is 0 Å². The largest absolute Gasteiger partial charge is 1.00 e. The van der Waals surface area contributed by atoms with E-state index in [9.17, 15) is 18.3 Å². The van der Waals surface area contributed by atoms with Crippen LogP contribution in [0.2, 0.25) is 0 Å². The molecule has 1 rings (SSSR count). The van der Waals surface area contributed by atoms with Crippen molar-refractivity contribution in [2.24, 2.45) is 0 Å². The van der Waals surface area contributed by atoms with E-state index < -0.39 is 17.5 Å². The van der Waals surface area contributed by atoms with E-state index in [1.165, 1.54) is 12.1 Å². The summed E-state index contributed by atoms with van der Waals surface area (Å²) in [5, 5.41) is 10.5. The van der Waals surface area contributed by atoms with Gasteiger partial charge in [0.2, 0.25) is 0 Å². The summed E-state index contributed by atoms with van der Waals surface area (Å²) < 4.78 is 35.5. The molecule has 0 aliphatic rings. The van der Waals surface area contributed by atoms with Crippen molar-refractivity contribution in [1.29, 1.82) is 0 Å². The fraction of sp³-hybridized carbons (Fsp3) is 0.143. The van der Waals surface area contributed by atoms with Gasteiger partial charge in [0, 0.05) is 5.56 Å². The van der Waals surface area contributed by atoms with Crippen LogP contribution in [-0.4, -0.2) is 0 Å². The van der Waals surface area contributed by atoms with Crippen LogP contribution in [0.4, 0.5) is 13.2 Å². The fourth-order valence-corrected chi connectivity index (χ4v) is 0.701. The Hall–Kier alpha value is -0.190. The van der Waals surface area contributed by atoms with Gasteiger partial charge in [-0.25, -0.2) is 0 Å². The number of benzene rings is 1. The van der Waals surface area contributed by atoms with Crippen molar-refractivity contribution in [3.8, 4) is 5.75 Å². The van der Waals surface area contributed by atoms with Gasteiger partial charge in [-0.3, -0.25) is 0 Å². The van der Waals surface area contributed by atoms with Crippen molar-refractivity contribution in [1.82, 2.24) is 0 Å². The first-order chi connectivity index (χ1) is 5.02. The number of hydrogen-bond acceptors (Lipinski definition) is 1. The second-order valence-corrected chi connectivity index (χ2v) is 1.99. The Morgan fingerprint density at radius 3 is 1.92 bits per heavy atom. The standard InChI is InChI=1S/C7H5F3O.Na/c8-7(9,10)5-3-1-2-4-6(5)11;/h1-4,11H;/q;+1/p-1. The van der Waals surface area contributed by atoms with Crippen molar-refractivity contribution in [3.05, 3.63) is 29.8 Å². The topological polar surface area (TPSA) is 23.1 Å². The molecule has 0 heterocycles. The maximum absolute atomic E-state index is 11.8. The van der Waals surface area contributed by atoms with Gasteiger partial charge in [-0.2, -0.15) is 13.2 Å². The van der Waals surface area contributed by atoms with Crippen LogP contribution < -0.4 is 34.7 Å². The molecule has 0 aliphatic heterocycles. The first-order valence-electron chi connectivity index (χ1n) is 2.85. The van der Waals surface area contributed by atoms with E-state index in [4.69, 9.17) is 0 Å². The summed E-state index contributed by atoms with van der Waals surface area (Å²) >= 11 is 0. The SMILES string of the molecule is [Na+].[O-]c1ccccc1C(F)(F)F. The number of alkyl halides is 3. The quantitative estimate of drug-likeness (QED) is 0.463. The van der Waals surface area contributed by atoms with Crippen LogP contribution in [0, 0.1) is 0 Å². The zero-order valence-corrected chi connectivity index (χ0v) is 8.35. The van der Waals surface area contributed by atoms with Gasteiger partial charge >= 0.3 is 35.7 Å². The molecule has 0 radical (unpaired) electrons. The smallest absolute Gasteiger partial charge is 0.872 e. The van der Waals surface area contributed by atoms with Gasteiger partial charge in [-0.1, -0.05) is 30.0 Å². The summed E-state index contributed by atoms with van der Waals surface area (Å²) in [4.78, 5) is 0. The van der Waals surface area contributed by atoms with E-state index in [1.807, 2.05) is 0 Å². The summed E-state index contributed by atoms with van der Waals surface area (Å²) in [6.45, 7) is 0. The monoisotopic (exact) mass is 184 g/mol. The Morgan fingerprint density at radius 1 is 1.08 bits per heavy atom. The molecule has 0 saturated heterocycles. The van der Waals surface area contributed by atoms with E-state index in [-0.39, 0.29) is 29.6 Å². The molecule has 0 fully saturated rings. The average Bonchev–Trinajstić information content (AvgIpc) is 1.86. The predicted molar refractivity (Wildman–Crippen MR) is 30.9 cm³/mol. The number of hydrogen-bond donors (Lipinski definition) is 0. The van der Waals surface area contributed by atoms with Crippen molar-refractivity contribution in [2.45, 2.75) is 6.18 Å². The molecule has 0 atom stereocenters. The van der Waals surface area contributed by atoms with E-state index >= 15 is 0 Å². The van der Waals surface area contributed by atoms with Gasteiger partial charge in [-0.05, 0) is 0 Å². The molecule has 0 N–H and O–H groups in total. The zero-order valence-electron chi connectivity index (χ0n) is 6.35. The maximum Gasteiger partial charge on any atom is 1.00 e. The summed E-state index contributed by atoms with van der Waals surface area (Å²) in [7, 11) is 0. The van der Waals surface area contributed by atoms with E-state index in [1.54, 1.807) is 0 Å². The van der Waals surface area contributed by atoms with E-state index in [0.717, 1.165) is 12.1 Å². The molecular weight excluding hydrogens is 180 g/mol. The third kappa shape index (κ3) is 2.69. The Morgan fingerprint density at radius 2 is 1.58 bits per heavy atom. The molecule has 5 heteroatoms. The molecule has 1 nitrogen and oxygen atoms in total. The summed E-state index contributed by atoms with van der Waals surface area (Å²) in [5.74, 6) is -0.986. The minimum absolute atomic E-state index is 0. The zero-order chi connectivity index (χ0) is 8.48. The van der Waals surface area contributed by atoms with Crippen LogP contribution in [0.1, 0.15) is 5.56 Å². The number of para-hydroxylation sites is 1. The molecule has 60 valence electrons. The first kappa shape index (κ1) is 11.8. The molecule has 12 heavy (non-hydrogen) atoms. The van der Waals surface area contributed by atoms with Gasteiger partial charge in [0.05, 0.1) is 0 Å². The Kier molecular flexibility index (Phi) is 4.10. The molecule has 1 aromatic rings. The van der Waals surface area contributed by atoms with Gasteiger partial charge in [-0.15, -0.1) is 0 Å². The van der Waals surface area contributed by atoms with Gasteiger partial charge in [0.15, 0.2) is 0 Å². The normalized spacial score (nSPS) is 10.6.